The number of rotatable bonds is 10. The molecule has 0 amide bonds. The number of carbonyl (C=O) groups excluding carboxylic acids is 2. The van der Waals surface area contributed by atoms with Gasteiger partial charge >= 0.3 is 5.97 Å². The highest BCUT2D eigenvalue weighted by Crippen LogP contribution is 2.17. The standard InChI is InChI=1S/C20H30O4/c1-16(21)9-8-14-23-18-12-7-11-17(15-18)10-5-6-13-19(22)24-20(2,3)4/h7,11-12,15H,5-6,8-10,13-14H2,1-4H3. The first kappa shape index (κ1) is 20.2. The Morgan fingerprint density at radius 2 is 1.79 bits per heavy atom. The van der Waals surface area contributed by atoms with Gasteiger partial charge in [-0.15, -0.1) is 0 Å². The zero-order valence-electron chi connectivity index (χ0n) is 15.4. The van der Waals surface area contributed by atoms with Gasteiger partial charge in [-0.1, -0.05) is 12.1 Å². The van der Waals surface area contributed by atoms with Crippen LogP contribution in [0.25, 0.3) is 0 Å². The third kappa shape index (κ3) is 10.0. The molecule has 0 aliphatic heterocycles. The predicted molar refractivity (Wildman–Crippen MR) is 95.3 cm³/mol. The van der Waals surface area contributed by atoms with E-state index >= 15 is 0 Å². The van der Waals surface area contributed by atoms with Crippen molar-refractivity contribution >= 4 is 11.8 Å². The molecule has 24 heavy (non-hydrogen) atoms. The summed E-state index contributed by atoms with van der Waals surface area (Å²) in [6.07, 6.45) is 4.43. The van der Waals surface area contributed by atoms with E-state index in [2.05, 4.69) is 6.07 Å². The second kappa shape index (κ2) is 10.1. The van der Waals surface area contributed by atoms with Crippen molar-refractivity contribution in [3.05, 3.63) is 29.8 Å². The number of Topliss-reactive ketones (excluding diaryl/α,β-unsaturated/α-hetero) is 1. The number of ether oxygens (including phenoxy) is 2. The van der Waals surface area contributed by atoms with E-state index in [1.54, 1.807) is 6.92 Å². The van der Waals surface area contributed by atoms with Gasteiger partial charge in [0.2, 0.25) is 0 Å². The molecule has 1 aromatic rings. The number of esters is 1. The Kier molecular flexibility index (Phi) is 8.51. The number of aryl methyl sites for hydroxylation is 1. The third-order valence-corrected chi connectivity index (χ3v) is 3.36. The first-order valence-electron chi connectivity index (χ1n) is 8.69. The van der Waals surface area contributed by atoms with Crippen molar-refractivity contribution in [3.8, 4) is 5.75 Å². The van der Waals surface area contributed by atoms with Gasteiger partial charge in [0, 0.05) is 12.8 Å². The van der Waals surface area contributed by atoms with Gasteiger partial charge in [-0.25, -0.2) is 0 Å². The molecule has 4 heteroatoms. The average Bonchev–Trinajstić information content (AvgIpc) is 2.47. The van der Waals surface area contributed by atoms with E-state index in [9.17, 15) is 9.59 Å². The maximum Gasteiger partial charge on any atom is 0.306 e. The third-order valence-electron chi connectivity index (χ3n) is 3.36. The summed E-state index contributed by atoms with van der Waals surface area (Å²) in [5.74, 6) is 0.894. The van der Waals surface area contributed by atoms with Gasteiger partial charge < -0.3 is 14.3 Å². The van der Waals surface area contributed by atoms with Gasteiger partial charge in [-0.2, -0.15) is 0 Å². The minimum Gasteiger partial charge on any atom is -0.494 e. The van der Waals surface area contributed by atoms with E-state index in [0.717, 1.165) is 31.4 Å². The summed E-state index contributed by atoms with van der Waals surface area (Å²) < 4.78 is 11.0. The molecular formula is C20H30O4. The molecule has 0 spiro atoms. The van der Waals surface area contributed by atoms with Crippen LogP contribution >= 0.6 is 0 Å². The Morgan fingerprint density at radius 3 is 2.46 bits per heavy atom. The van der Waals surface area contributed by atoms with Crippen molar-refractivity contribution in [1.82, 2.24) is 0 Å². The summed E-state index contributed by atoms with van der Waals surface area (Å²) >= 11 is 0. The van der Waals surface area contributed by atoms with Crippen molar-refractivity contribution in [2.24, 2.45) is 0 Å². The molecule has 0 aliphatic rings. The largest absolute Gasteiger partial charge is 0.494 e. The Balaban J connectivity index is 2.27. The second-order valence-corrected chi connectivity index (χ2v) is 7.09. The molecule has 1 aromatic carbocycles. The smallest absolute Gasteiger partial charge is 0.306 e. The van der Waals surface area contributed by atoms with Crippen molar-refractivity contribution in [3.63, 3.8) is 0 Å². The van der Waals surface area contributed by atoms with Crippen LogP contribution in [0.1, 0.15) is 65.4 Å². The van der Waals surface area contributed by atoms with Gasteiger partial charge in [0.1, 0.15) is 17.1 Å². The van der Waals surface area contributed by atoms with E-state index in [-0.39, 0.29) is 11.8 Å². The summed E-state index contributed by atoms with van der Waals surface area (Å²) in [6, 6.07) is 8.00. The number of benzene rings is 1. The molecule has 0 saturated heterocycles. The zero-order valence-corrected chi connectivity index (χ0v) is 15.4. The molecule has 0 unspecified atom stereocenters. The van der Waals surface area contributed by atoms with Crippen LogP contribution in [0.5, 0.6) is 5.75 Å². The Labute approximate surface area is 145 Å². The van der Waals surface area contributed by atoms with E-state index < -0.39 is 5.60 Å². The predicted octanol–water partition coefficient (Wildman–Crippen LogP) is 4.49. The lowest BCUT2D eigenvalue weighted by Crippen LogP contribution is -2.23. The highest BCUT2D eigenvalue weighted by atomic mass is 16.6. The van der Waals surface area contributed by atoms with Gasteiger partial charge in [0.25, 0.3) is 0 Å². The first-order chi connectivity index (χ1) is 11.3. The van der Waals surface area contributed by atoms with Gasteiger partial charge in [-0.3, -0.25) is 4.79 Å². The minimum absolute atomic E-state index is 0.134. The fourth-order valence-corrected chi connectivity index (χ4v) is 2.29. The first-order valence-corrected chi connectivity index (χ1v) is 8.69. The Hall–Kier alpha value is -1.84. The van der Waals surface area contributed by atoms with Crippen LogP contribution in [0, 0.1) is 0 Å². The molecule has 1 rings (SSSR count). The van der Waals surface area contributed by atoms with Crippen LogP contribution in [0.3, 0.4) is 0 Å². The fourth-order valence-electron chi connectivity index (χ4n) is 2.29. The SMILES string of the molecule is CC(=O)CCCOc1cccc(CCCCC(=O)OC(C)(C)C)c1. The number of hydrogen-bond acceptors (Lipinski definition) is 4. The molecule has 0 radical (unpaired) electrons. The van der Waals surface area contributed by atoms with E-state index in [1.165, 1.54) is 5.56 Å². The van der Waals surface area contributed by atoms with Gasteiger partial charge in [-0.05, 0) is 71.1 Å². The average molecular weight is 334 g/mol. The van der Waals surface area contributed by atoms with Crippen LogP contribution in [-0.4, -0.2) is 24.0 Å². The van der Waals surface area contributed by atoms with Crippen LogP contribution in [-0.2, 0) is 20.7 Å². The number of hydrogen-bond donors (Lipinski definition) is 0. The van der Waals surface area contributed by atoms with Crippen LogP contribution < -0.4 is 4.74 Å². The lowest BCUT2D eigenvalue weighted by atomic mass is 10.1. The van der Waals surface area contributed by atoms with Crippen molar-refractivity contribution in [2.45, 2.75) is 71.8 Å². The summed E-state index contributed by atoms with van der Waals surface area (Å²) in [7, 11) is 0. The van der Waals surface area contributed by atoms with Crippen molar-refractivity contribution in [1.29, 1.82) is 0 Å². The summed E-state index contributed by atoms with van der Waals surface area (Å²) in [6.45, 7) is 7.80. The molecule has 0 bridgehead atoms. The highest BCUT2D eigenvalue weighted by Gasteiger charge is 2.15. The van der Waals surface area contributed by atoms with Crippen LogP contribution in [0.15, 0.2) is 24.3 Å². The lowest BCUT2D eigenvalue weighted by molar-refractivity contribution is -0.154. The second-order valence-electron chi connectivity index (χ2n) is 7.09. The number of unbranched alkanes of at least 4 members (excludes halogenated alkanes) is 1. The number of carbonyl (C=O) groups is 2. The minimum atomic E-state index is -0.412. The van der Waals surface area contributed by atoms with Gasteiger partial charge in [0.15, 0.2) is 0 Å². The van der Waals surface area contributed by atoms with Crippen molar-refractivity contribution < 1.29 is 19.1 Å². The number of ketones is 1. The summed E-state index contributed by atoms with van der Waals surface area (Å²) in [4.78, 5) is 22.5. The maximum atomic E-state index is 11.7. The van der Waals surface area contributed by atoms with E-state index in [0.29, 0.717) is 19.4 Å². The van der Waals surface area contributed by atoms with Crippen molar-refractivity contribution in [2.75, 3.05) is 6.61 Å². The maximum absolute atomic E-state index is 11.7. The monoisotopic (exact) mass is 334 g/mol. The zero-order chi connectivity index (χ0) is 18.0. The molecule has 0 heterocycles. The normalized spacial score (nSPS) is 11.2. The summed E-state index contributed by atoms with van der Waals surface area (Å²) in [5.41, 5.74) is 0.786. The van der Waals surface area contributed by atoms with Crippen LogP contribution in [0.2, 0.25) is 0 Å². The molecule has 134 valence electrons. The molecule has 0 aliphatic carbocycles. The molecular weight excluding hydrogens is 304 g/mol. The molecule has 0 aromatic heterocycles. The lowest BCUT2D eigenvalue weighted by Gasteiger charge is -2.19. The van der Waals surface area contributed by atoms with E-state index in [4.69, 9.17) is 9.47 Å². The topological polar surface area (TPSA) is 52.6 Å². The fraction of sp³-hybridized carbons (Fsp3) is 0.600. The van der Waals surface area contributed by atoms with E-state index in [1.807, 2.05) is 39.0 Å². The Bertz CT molecular complexity index is 529. The molecule has 0 N–H and O–H groups in total. The molecule has 0 atom stereocenters. The Morgan fingerprint density at radius 1 is 1.04 bits per heavy atom. The molecule has 0 saturated carbocycles. The molecule has 4 nitrogen and oxygen atoms in total. The summed E-state index contributed by atoms with van der Waals surface area (Å²) in [5, 5.41) is 0. The quantitative estimate of drug-likeness (QED) is 0.467. The highest BCUT2D eigenvalue weighted by molar-refractivity contribution is 5.75. The van der Waals surface area contributed by atoms with Crippen LogP contribution in [0.4, 0.5) is 0 Å². The molecule has 0 fully saturated rings. The van der Waals surface area contributed by atoms with Gasteiger partial charge in [0.05, 0.1) is 6.61 Å².